The van der Waals surface area contributed by atoms with Gasteiger partial charge in [-0.2, -0.15) is 18.3 Å². The lowest BCUT2D eigenvalue weighted by molar-refractivity contribution is -0.355. The van der Waals surface area contributed by atoms with Gasteiger partial charge in [-0.3, -0.25) is 0 Å². The van der Waals surface area contributed by atoms with Gasteiger partial charge in [0.1, 0.15) is 0 Å². The molecular weight excluding hydrogens is 397 g/mol. The molecule has 0 fully saturated rings. The van der Waals surface area contributed by atoms with Gasteiger partial charge >= 0.3 is 12.0 Å². The van der Waals surface area contributed by atoms with Crippen LogP contribution in [0.25, 0.3) is 5.69 Å². The van der Waals surface area contributed by atoms with Crippen LogP contribution in [0.15, 0.2) is 72.1 Å². The fourth-order valence-corrected chi connectivity index (χ4v) is 3.18. The molecule has 9 heteroatoms. The van der Waals surface area contributed by atoms with Crippen molar-refractivity contribution in [3.05, 3.63) is 83.7 Å². The molecule has 0 saturated heterocycles. The molecule has 4 rings (SSSR count). The molecule has 2 N–H and O–H groups in total. The fourth-order valence-electron chi connectivity index (χ4n) is 3.18. The van der Waals surface area contributed by atoms with Gasteiger partial charge in [0.05, 0.1) is 17.8 Å². The summed E-state index contributed by atoms with van der Waals surface area (Å²) in [6.45, 7) is 1.19. The van der Waals surface area contributed by atoms with Crippen molar-refractivity contribution in [1.82, 2.24) is 15.1 Å². The molecule has 0 bridgehead atoms. The Kier molecular flexibility index (Phi) is 5.31. The number of hydrogen-bond acceptors (Lipinski definition) is 5. The maximum Gasteiger partial charge on any atom is 0.458 e. The van der Waals surface area contributed by atoms with Crippen LogP contribution in [0.1, 0.15) is 23.1 Å². The first kappa shape index (κ1) is 20.1. The minimum absolute atomic E-state index is 0.0579. The molecule has 2 heterocycles. The summed E-state index contributed by atoms with van der Waals surface area (Å²) >= 11 is 0. The van der Waals surface area contributed by atoms with Crippen LogP contribution in [0, 0.1) is 0 Å². The number of rotatable bonds is 6. The predicted octanol–water partition coefficient (Wildman–Crippen LogP) is 3.54. The maximum absolute atomic E-state index is 12.8. The highest BCUT2D eigenvalue weighted by Gasteiger charge is 2.60. The van der Waals surface area contributed by atoms with E-state index in [0.29, 0.717) is 18.7 Å². The number of halogens is 3. The standard InChI is InChI=1S/C21H19F3N4O2/c22-21(23,24)20(29)12-18(27-30-20)16-8-6-15(7-9-16)13-25-14-17-4-1-2-5-19(17)28-11-3-10-26-28/h1-11,25,29H,12-14H2. The molecule has 3 aromatic rings. The third-order valence-electron chi connectivity index (χ3n) is 4.83. The second kappa shape index (κ2) is 7.92. The van der Waals surface area contributed by atoms with Crippen LogP contribution in [0.3, 0.4) is 0 Å². The summed E-state index contributed by atoms with van der Waals surface area (Å²) in [7, 11) is 0. The number of benzene rings is 2. The van der Waals surface area contributed by atoms with E-state index < -0.39 is 18.4 Å². The Bertz CT molecular complexity index is 1030. The van der Waals surface area contributed by atoms with E-state index in [1.54, 1.807) is 35.1 Å². The zero-order valence-corrected chi connectivity index (χ0v) is 15.8. The second-order valence-corrected chi connectivity index (χ2v) is 6.97. The summed E-state index contributed by atoms with van der Waals surface area (Å²) < 4.78 is 40.3. The SMILES string of the molecule is OC1(C(F)(F)F)CC(c2ccc(CNCc3ccccc3-n3cccn3)cc2)=NO1. The molecule has 0 saturated carbocycles. The smallest absolute Gasteiger partial charge is 0.350 e. The Balaban J connectivity index is 1.36. The van der Waals surface area contributed by atoms with Crippen molar-refractivity contribution in [3.63, 3.8) is 0 Å². The van der Waals surface area contributed by atoms with Crippen LogP contribution in [-0.2, 0) is 17.9 Å². The molecule has 0 spiro atoms. The van der Waals surface area contributed by atoms with Gasteiger partial charge in [-0.05, 0) is 28.8 Å². The Morgan fingerprint density at radius 2 is 1.83 bits per heavy atom. The summed E-state index contributed by atoms with van der Waals surface area (Å²) in [6.07, 6.45) is -2.04. The average molecular weight is 416 g/mol. The van der Waals surface area contributed by atoms with Gasteiger partial charge in [0.25, 0.3) is 0 Å². The lowest BCUT2D eigenvalue weighted by Gasteiger charge is -2.22. The van der Waals surface area contributed by atoms with Crippen LogP contribution >= 0.6 is 0 Å². The number of para-hydroxylation sites is 1. The number of aromatic nitrogens is 2. The van der Waals surface area contributed by atoms with Gasteiger partial charge < -0.3 is 15.3 Å². The van der Waals surface area contributed by atoms with Crippen molar-refractivity contribution in [3.8, 4) is 5.69 Å². The molecule has 0 radical (unpaired) electrons. The second-order valence-electron chi connectivity index (χ2n) is 6.97. The number of aliphatic hydroxyl groups is 1. The van der Waals surface area contributed by atoms with Crippen molar-refractivity contribution in [2.75, 3.05) is 0 Å². The van der Waals surface area contributed by atoms with Gasteiger partial charge in [0.15, 0.2) is 0 Å². The van der Waals surface area contributed by atoms with Crippen molar-refractivity contribution in [1.29, 1.82) is 0 Å². The molecular formula is C21H19F3N4O2. The van der Waals surface area contributed by atoms with Crippen molar-refractivity contribution in [2.45, 2.75) is 31.5 Å². The van der Waals surface area contributed by atoms with E-state index in [-0.39, 0.29) is 5.71 Å². The zero-order chi connectivity index (χ0) is 21.2. The van der Waals surface area contributed by atoms with E-state index in [4.69, 9.17) is 0 Å². The molecule has 156 valence electrons. The quantitative estimate of drug-likeness (QED) is 0.645. The fraction of sp³-hybridized carbons (Fsp3) is 0.238. The van der Waals surface area contributed by atoms with Gasteiger partial charge in [0.2, 0.25) is 0 Å². The highest BCUT2D eigenvalue weighted by Crippen LogP contribution is 2.38. The molecule has 6 nitrogen and oxygen atoms in total. The van der Waals surface area contributed by atoms with E-state index in [1.165, 1.54) is 0 Å². The molecule has 1 aliphatic rings. The number of oxime groups is 1. The molecule has 1 unspecified atom stereocenters. The van der Waals surface area contributed by atoms with Gasteiger partial charge in [-0.1, -0.05) is 47.6 Å². The Morgan fingerprint density at radius 1 is 1.07 bits per heavy atom. The predicted molar refractivity (Wildman–Crippen MR) is 104 cm³/mol. The molecule has 0 amide bonds. The van der Waals surface area contributed by atoms with Crippen molar-refractivity contribution >= 4 is 5.71 Å². The van der Waals surface area contributed by atoms with E-state index in [0.717, 1.165) is 16.8 Å². The first-order chi connectivity index (χ1) is 14.4. The molecule has 1 atom stereocenters. The monoisotopic (exact) mass is 416 g/mol. The van der Waals surface area contributed by atoms with Gasteiger partial charge in [-0.15, -0.1) is 0 Å². The summed E-state index contributed by atoms with van der Waals surface area (Å²) in [5, 5.41) is 20.6. The first-order valence-electron chi connectivity index (χ1n) is 9.28. The number of nitrogens with one attached hydrogen (secondary N) is 1. The summed E-state index contributed by atoms with van der Waals surface area (Å²) in [6, 6.07) is 16.7. The van der Waals surface area contributed by atoms with Crippen LogP contribution in [0.5, 0.6) is 0 Å². The van der Waals surface area contributed by atoms with Gasteiger partial charge in [-0.25, -0.2) is 4.68 Å². The maximum atomic E-state index is 12.8. The minimum atomic E-state index is -4.91. The summed E-state index contributed by atoms with van der Waals surface area (Å²) in [4.78, 5) is 4.26. The highest BCUT2D eigenvalue weighted by atomic mass is 19.4. The Labute approximate surface area is 170 Å². The number of hydrogen-bond donors (Lipinski definition) is 2. The average Bonchev–Trinajstić information content (AvgIpc) is 3.39. The largest absolute Gasteiger partial charge is 0.458 e. The number of nitrogens with zero attached hydrogens (tertiary/aromatic N) is 3. The van der Waals surface area contributed by atoms with Gasteiger partial charge in [0, 0.05) is 25.5 Å². The number of alkyl halides is 3. The van der Waals surface area contributed by atoms with Crippen LogP contribution in [-0.4, -0.2) is 32.6 Å². The van der Waals surface area contributed by atoms with Crippen molar-refractivity contribution < 1.29 is 23.1 Å². The molecule has 30 heavy (non-hydrogen) atoms. The van der Waals surface area contributed by atoms with E-state index in [2.05, 4.69) is 20.4 Å². The summed E-state index contributed by atoms with van der Waals surface area (Å²) in [5.41, 5.74) is 3.56. The highest BCUT2D eigenvalue weighted by molar-refractivity contribution is 6.01. The van der Waals surface area contributed by atoms with Crippen LogP contribution < -0.4 is 5.32 Å². The lowest BCUT2D eigenvalue weighted by atomic mass is 10.0. The molecule has 2 aromatic carbocycles. The Hall–Kier alpha value is -3.17. The summed E-state index contributed by atoms with van der Waals surface area (Å²) in [5.74, 6) is -3.26. The molecule has 1 aliphatic heterocycles. The van der Waals surface area contributed by atoms with E-state index in [9.17, 15) is 18.3 Å². The van der Waals surface area contributed by atoms with Crippen LogP contribution in [0.2, 0.25) is 0 Å². The zero-order valence-electron chi connectivity index (χ0n) is 15.8. The molecule has 1 aromatic heterocycles. The van der Waals surface area contributed by atoms with Crippen LogP contribution in [0.4, 0.5) is 13.2 Å². The van der Waals surface area contributed by atoms with Crippen molar-refractivity contribution in [2.24, 2.45) is 5.16 Å². The first-order valence-corrected chi connectivity index (χ1v) is 9.28. The topological polar surface area (TPSA) is 71.7 Å². The Morgan fingerprint density at radius 3 is 2.50 bits per heavy atom. The minimum Gasteiger partial charge on any atom is -0.350 e. The lowest BCUT2D eigenvalue weighted by Crippen LogP contribution is -2.45. The van der Waals surface area contributed by atoms with E-state index in [1.807, 2.05) is 36.5 Å². The van der Waals surface area contributed by atoms with E-state index >= 15 is 0 Å². The third-order valence-corrected chi connectivity index (χ3v) is 4.83. The normalized spacial score (nSPS) is 18.9. The third kappa shape index (κ3) is 4.07. The molecule has 0 aliphatic carbocycles.